The topological polar surface area (TPSA) is 79.5 Å². The second-order valence-electron chi connectivity index (χ2n) is 14.0. The molecule has 3 N–H and O–H groups in total. The highest BCUT2D eigenvalue weighted by Gasteiger charge is 2.49. The lowest BCUT2D eigenvalue weighted by Gasteiger charge is -2.39. The van der Waals surface area contributed by atoms with E-state index in [2.05, 4.69) is 16.0 Å². The lowest BCUT2D eigenvalue weighted by Crippen LogP contribution is -2.46. The Morgan fingerprint density at radius 1 is 0.605 bits per heavy atom. The van der Waals surface area contributed by atoms with Crippen LogP contribution in [0, 0.1) is 35.5 Å². The van der Waals surface area contributed by atoms with Crippen LogP contribution in [0.5, 0.6) is 0 Å². The molecule has 0 aromatic rings. The third-order valence-corrected chi connectivity index (χ3v) is 11.5. The monoisotopic (exact) mass is 527 g/mol. The lowest BCUT2D eigenvalue weighted by molar-refractivity contribution is -0.128. The minimum Gasteiger partial charge on any atom is -0.375 e. The first-order valence-electron chi connectivity index (χ1n) is 16.6. The van der Waals surface area contributed by atoms with E-state index in [-0.39, 0.29) is 11.8 Å². The molecular formula is C32H53N3O3. The largest absolute Gasteiger partial charge is 0.375 e. The number of hydrogen-bond acceptors (Lipinski definition) is 4. The molecule has 1 aliphatic heterocycles. The van der Waals surface area contributed by atoms with E-state index in [1.807, 2.05) is 0 Å². The van der Waals surface area contributed by atoms with Crippen LogP contribution in [0.2, 0.25) is 0 Å². The zero-order valence-electron chi connectivity index (χ0n) is 23.6. The van der Waals surface area contributed by atoms with Crippen molar-refractivity contribution in [3.05, 3.63) is 0 Å². The molecule has 5 saturated carbocycles. The molecule has 0 bridgehead atoms. The van der Waals surface area contributed by atoms with Crippen LogP contribution in [0.15, 0.2) is 0 Å². The molecule has 0 radical (unpaired) electrons. The molecule has 6 aliphatic rings. The van der Waals surface area contributed by atoms with Gasteiger partial charge in [0.05, 0.1) is 12.2 Å². The van der Waals surface area contributed by atoms with Gasteiger partial charge in [0, 0.05) is 23.9 Å². The van der Waals surface area contributed by atoms with E-state index in [1.165, 1.54) is 57.9 Å². The molecule has 1 saturated heterocycles. The van der Waals surface area contributed by atoms with Crippen LogP contribution in [0.4, 0.5) is 0 Å². The molecule has 5 atom stereocenters. The molecule has 5 unspecified atom stereocenters. The van der Waals surface area contributed by atoms with Crippen molar-refractivity contribution in [1.82, 2.24) is 16.0 Å². The maximum Gasteiger partial charge on any atom is 0.223 e. The number of nitrogens with one attached hydrogen (secondary N) is 3. The number of piperidine rings is 1. The van der Waals surface area contributed by atoms with Crippen molar-refractivity contribution >= 4 is 11.8 Å². The number of carbonyl (C=O) groups excluding carboxylic acids is 2. The molecule has 38 heavy (non-hydrogen) atoms. The Morgan fingerprint density at radius 3 is 2.08 bits per heavy atom. The van der Waals surface area contributed by atoms with Gasteiger partial charge in [0.15, 0.2) is 0 Å². The van der Waals surface area contributed by atoms with Crippen molar-refractivity contribution in [2.24, 2.45) is 35.5 Å². The van der Waals surface area contributed by atoms with Gasteiger partial charge in [-0.2, -0.15) is 0 Å². The van der Waals surface area contributed by atoms with Gasteiger partial charge in [-0.3, -0.25) is 9.59 Å². The van der Waals surface area contributed by atoms with E-state index < -0.39 is 0 Å². The van der Waals surface area contributed by atoms with Crippen LogP contribution in [-0.2, 0) is 14.3 Å². The van der Waals surface area contributed by atoms with Gasteiger partial charge in [0.1, 0.15) is 0 Å². The third-order valence-electron chi connectivity index (χ3n) is 11.5. The number of hydrogen-bond donors (Lipinski definition) is 3. The summed E-state index contributed by atoms with van der Waals surface area (Å²) in [4.78, 5) is 26.1. The molecule has 2 amide bonds. The van der Waals surface area contributed by atoms with Gasteiger partial charge in [-0.25, -0.2) is 0 Å². The van der Waals surface area contributed by atoms with Crippen LogP contribution in [0.1, 0.15) is 116 Å². The summed E-state index contributed by atoms with van der Waals surface area (Å²) >= 11 is 0. The standard InChI is InChI=1S/C32H53N3O3/c36-31(34-25-12-14-28(15-13-25)38-27-4-2-1-3-5-27)22-8-6-21(7-9-22)29-19-30(29)32(37)35-26-11-10-24-20-33-17-16-23(24)18-26/h21-30,33H,1-20H2,(H,34,36)(H,35,37). The quantitative estimate of drug-likeness (QED) is 0.430. The Balaban J connectivity index is 0.863. The Hall–Kier alpha value is -1.14. The van der Waals surface area contributed by atoms with Crippen molar-refractivity contribution in [3.63, 3.8) is 0 Å². The minimum atomic E-state index is 0.175. The predicted molar refractivity (Wildman–Crippen MR) is 149 cm³/mol. The van der Waals surface area contributed by atoms with Gasteiger partial charge in [0.25, 0.3) is 0 Å². The fraction of sp³-hybridized carbons (Fsp3) is 0.938. The summed E-state index contributed by atoms with van der Waals surface area (Å²) in [5.41, 5.74) is 0. The molecule has 0 spiro atoms. The number of ether oxygens (including phenoxy) is 1. The highest BCUT2D eigenvalue weighted by molar-refractivity contribution is 5.82. The van der Waals surface area contributed by atoms with Crippen LogP contribution >= 0.6 is 0 Å². The average molecular weight is 528 g/mol. The fourth-order valence-electron chi connectivity index (χ4n) is 8.95. The predicted octanol–water partition coefficient (Wildman–Crippen LogP) is 5.10. The summed E-state index contributed by atoms with van der Waals surface area (Å²) in [5.74, 6) is 3.87. The van der Waals surface area contributed by atoms with E-state index >= 15 is 0 Å². The molecule has 6 heteroatoms. The van der Waals surface area contributed by atoms with Gasteiger partial charge < -0.3 is 20.7 Å². The first-order chi connectivity index (χ1) is 18.6. The van der Waals surface area contributed by atoms with Gasteiger partial charge in [-0.05, 0) is 133 Å². The van der Waals surface area contributed by atoms with E-state index in [9.17, 15) is 9.59 Å². The smallest absolute Gasteiger partial charge is 0.223 e. The van der Waals surface area contributed by atoms with Gasteiger partial charge in [0.2, 0.25) is 11.8 Å². The van der Waals surface area contributed by atoms with Crippen molar-refractivity contribution in [2.45, 2.75) is 140 Å². The zero-order valence-corrected chi connectivity index (χ0v) is 23.6. The first kappa shape index (κ1) is 27.1. The Bertz CT molecular complexity index is 798. The molecule has 0 aromatic heterocycles. The highest BCUT2D eigenvalue weighted by Crippen LogP contribution is 2.50. The van der Waals surface area contributed by atoms with Crippen LogP contribution in [-0.4, -0.2) is 49.2 Å². The second-order valence-corrected chi connectivity index (χ2v) is 14.0. The van der Waals surface area contributed by atoms with Crippen LogP contribution in [0.25, 0.3) is 0 Å². The third kappa shape index (κ3) is 6.77. The van der Waals surface area contributed by atoms with Crippen LogP contribution in [0.3, 0.4) is 0 Å². The van der Waals surface area contributed by atoms with E-state index in [4.69, 9.17) is 4.74 Å². The van der Waals surface area contributed by atoms with E-state index in [0.717, 1.165) is 82.6 Å². The Morgan fingerprint density at radius 2 is 1.29 bits per heavy atom. The lowest BCUT2D eigenvalue weighted by atomic mass is 9.73. The minimum absolute atomic E-state index is 0.175. The molecule has 214 valence electrons. The van der Waals surface area contributed by atoms with E-state index in [0.29, 0.717) is 47.9 Å². The number of carbonyl (C=O) groups is 2. The van der Waals surface area contributed by atoms with Crippen molar-refractivity contribution in [2.75, 3.05) is 13.1 Å². The van der Waals surface area contributed by atoms with E-state index in [1.54, 1.807) is 0 Å². The molecule has 6 nitrogen and oxygen atoms in total. The maximum absolute atomic E-state index is 13.0. The Labute approximate surface area is 230 Å². The summed E-state index contributed by atoms with van der Waals surface area (Å²) in [7, 11) is 0. The molecule has 1 heterocycles. The van der Waals surface area contributed by atoms with Gasteiger partial charge in [-0.1, -0.05) is 19.3 Å². The van der Waals surface area contributed by atoms with Gasteiger partial charge >= 0.3 is 0 Å². The SMILES string of the molecule is O=C(NC1CCC(OC2CCCCC2)CC1)C1CCC(C2CC2C(=O)NC2CCC3CNCCC3C2)CC1. The summed E-state index contributed by atoms with van der Waals surface area (Å²) in [6.45, 7) is 2.32. The fourth-order valence-corrected chi connectivity index (χ4v) is 8.95. The molecule has 6 rings (SSSR count). The van der Waals surface area contributed by atoms with Crippen molar-refractivity contribution in [1.29, 1.82) is 0 Å². The van der Waals surface area contributed by atoms with Crippen LogP contribution < -0.4 is 16.0 Å². The normalized spacial score (nSPS) is 42.1. The zero-order chi connectivity index (χ0) is 25.9. The highest BCUT2D eigenvalue weighted by atomic mass is 16.5. The summed E-state index contributed by atoms with van der Waals surface area (Å²) in [6, 6.07) is 0.735. The Kier molecular flexibility index (Phi) is 8.95. The van der Waals surface area contributed by atoms with Gasteiger partial charge in [-0.15, -0.1) is 0 Å². The summed E-state index contributed by atoms with van der Waals surface area (Å²) in [6.07, 6.45) is 21.9. The molecule has 0 aromatic carbocycles. The number of amides is 2. The molecule has 5 aliphatic carbocycles. The second kappa shape index (κ2) is 12.6. The molecular weight excluding hydrogens is 474 g/mol. The number of rotatable bonds is 7. The summed E-state index contributed by atoms with van der Waals surface area (Å²) < 4.78 is 6.39. The maximum atomic E-state index is 13.0. The summed E-state index contributed by atoms with van der Waals surface area (Å²) in [5, 5.41) is 10.4. The first-order valence-corrected chi connectivity index (χ1v) is 16.6. The number of fused-ring (bicyclic) bond motifs is 1. The average Bonchev–Trinajstić information content (AvgIpc) is 3.76. The van der Waals surface area contributed by atoms with Crippen molar-refractivity contribution < 1.29 is 14.3 Å². The van der Waals surface area contributed by atoms with Crippen molar-refractivity contribution in [3.8, 4) is 0 Å². The molecule has 6 fully saturated rings.